The number of amides is 3. The maximum atomic E-state index is 12.9. The molecule has 3 amide bonds. The molecule has 1 saturated carbocycles. The van der Waals surface area contributed by atoms with Gasteiger partial charge in [0, 0.05) is 50.6 Å². The Balaban J connectivity index is 1.42. The third-order valence-corrected chi connectivity index (χ3v) is 6.70. The minimum atomic E-state index is 0.0236. The van der Waals surface area contributed by atoms with Crippen LogP contribution in [0.4, 0.5) is 0 Å². The minimum absolute atomic E-state index is 0.0236. The highest BCUT2D eigenvalue weighted by Gasteiger charge is 2.39. The molecule has 0 bridgehead atoms. The molecule has 1 aromatic rings. The van der Waals surface area contributed by atoms with E-state index in [1.54, 1.807) is 11.8 Å². The van der Waals surface area contributed by atoms with E-state index in [0.29, 0.717) is 37.7 Å². The van der Waals surface area contributed by atoms with E-state index in [2.05, 4.69) is 16.9 Å². The second kappa shape index (κ2) is 8.53. The summed E-state index contributed by atoms with van der Waals surface area (Å²) in [5.74, 6) is 0.677. The number of hydrazine groups is 1. The minimum Gasteiger partial charge on any atom is -0.339 e. The monoisotopic (exact) mass is 398 g/mol. The van der Waals surface area contributed by atoms with Crippen LogP contribution < -0.4 is 10.9 Å². The Morgan fingerprint density at radius 1 is 1.07 bits per heavy atom. The van der Waals surface area contributed by atoms with E-state index in [1.807, 2.05) is 23.1 Å². The number of hydrogen-bond acceptors (Lipinski definition) is 4. The summed E-state index contributed by atoms with van der Waals surface area (Å²) in [7, 11) is 0. The van der Waals surface area contributed by atoms with Crippen molar-refractivity contribution in [3.63, 3.8) is 0 Å². The van der Waals surface area contributed by atoms with Crippen LogP contribution in [0.15, 0.2) is 24.3 Å². The zero-order valence-corrected chi connectivity index (χ0v) is 17.0. The molecule has 3 fully saturated rings. The van der Waals surface area contributed by atoms with Crippen LogP contribution in [0.3, 0.4) is 0 Å². The van der Waals surface area contributed by atoms with Gasteiger partial charge in [-0.3, -0.25) is 19.8 Å². The van der Waals surface area contributed by atoms with E-state index in [0.717, 1.165) is 31.2 Å². The smallest absolute Gasteiger partial charge is 0.253 e. The van der Waals surface area contributed by atoms with Gasteiger partial charge in [-0.25, -0.2) is 5.43 Å². The molecule has 0 aromatic heterocycles. The molecule has 4 rings (SSSR count). The number of rotatable bonds is 3. The largest absolute Gasteiger partial charge is 0.339 e. The van der Waals surface area contributed by atoms with Crippen LogP contribution in [-0.4, -0.2) is 59.7 Å². The predicted molar refractivity (Wildman–Crippen MR) is 109 cm³/mol. The molecule has 7 heteroatoms. The summed E-state index contributed by atoms with van der Waals surface area (Å²) >= 11 is 0. The molecule has 0 radical (unpaired) electrons. The Kier molecular flexibility index (Phi) is 5.85. The molecule has 2 saturated heterocycles. The highest BCUT2D eigenvalue weighted by molar-refractivity contribution is 5.94. The molecule has 2 N–H and O–H groups in total. The Labute approximate surface area is 171 Å². The average Bonchev–Trinajstić information content (AvgIpc) is 2.76. The van der Waals surface area contributed by atoms with Gasteiger partial charge in [-0.2, -0.15) is 0 Å². The second-order valence-corrected chi connectivity index (χ2v) is 8.50. The molecule has 2 heterocycles. The number of benzene rings is 1. The van der Waals surface area contributed by atoms with Crippen LogP contribution in [0.25, 0.3) is 0 Å². The number of fused-ring (bicyclic) bond motifs is 1. The lowest BCUT2D eigenvalue weighted by Gasteiger charge is -2.41. The van der Waals surface area contributed by atoms with Gasteiger partial charge in [-0.15, -0.1) is 0 Å². The highest BCUT2D eigenvalue weighted by Crippen LogP contribution is 2.35. The van der Waals surface area contributed by atoms with Gasteiger partial charge < -0.3 is 9.80 Å². The first-order valence-corrected chi connectivity index (χ1v) is 10.7. The molecule has 3 aliphatic rings. The van der Waals surface area contributed by atoms with Crippen molar-refractivity contribution in [3.05, 3.63) is 35.4 Å². The van der Waals surface area contributed by atoms with E-state index < -0.39 is 0 Å². The van der Waals surface area contributed by atoms with Crippen molar-refractivity contribution >= 4 is 17.7 Å². The number of nitrogens with one attached hydrogen (secondary N) is 2. The van der Waals surface area contributed by atoms with Crippen LogP contribution in [0, 0.1) is 11.8 Å². The summed E-state index contributed by atoms with van der Waals surface area (Å²) < 4.78 is 0. The third kappa shape index (κ3) is 4.29. The Bertz CT molecular complexity index is 788. The van der Waals surface area contributed by atoms with Crippen molar-refractivity contribution < 1.29 is 14.4 Å². The lowest BCUT2D eigenvalue weighted by molar-refractivity contribution is -0.133. The molecule has 2 aliphatic heterocycles. The SMILES string of the molecule is CC(=O)N1CCN(C(=O)c2cccc(CC3NNC(=O)C4CCCCC34)c2)CC1. The summed E-state index contributed by atoms with van der Waals surface area (Å²) in [6, 6.07) is 8.04. The van der Waals surface area contributed by atoms with Gasteiger partial charge in [0.1, 0.15) is 0 Å². The fourth-order valence-electron chi connectivity index (χ4n) is 5.02. The van der Waals surface area contributed by atoms with Crippen molar-refractivity contribution in [2.24, 2.45) is 11.8 Å². The van der Waals surface area contributed by atoms with Crippen LogP contribution >= 0.6 is 0 Å². The highest BCUT2D eigenvalue weighted by atomic mass is 16.2. The third-order valence-electron chi connectivity index (χ3n) is 6.70. The Morgan fingerprint density at radius 3 is 2.55 bits per heavy atom. The molecule has 1 aromatic carbocycles. The van der Waals surface area contributed by atoms with Crippen molar-refractivity contribution in [2.45, 2.75) is 45.1 Å². The molecule has 7 nitrogen and oxygen atoms in total. The topological polar surface area (TPSA) is 81.8 Å². The second-order valence-electron chi connectivity index (χ2n) is 8.50. The van der Waals surface area contributed by atoms with Crippen LogP contribution in [-0.2, 0) is 16.0 Å². The summed E-state index contributed by atoms with van der Waals surface area (Å²) in [6.45, 7) is 3.90. The summed E-state index contributed by atoms with van der Waals surface area (Å²) in [6.07, 6.45) is 5.15. The van der Waals surface area contributed by atoms with Crippen molar-refractivity contribution in [1.82, 2.24) is 20.7 Å². The van der Waals surface area contributed by atoms with E-state index in [4.69, 9.17) is 0 Å². The van der Waals surface area contributed by atoms with Gasteiger partial charge in [0.25, 0.3) is 5.91 Å². The average molecular weight is 399 g/mol. The van der Waals surface area contributed by atoms with E-state index in [1.165, 1.54) is 6.42 Å². The quantitative estimate of drug-likeness (QED) is 0.805. The molecule has 3 unspecified atom stereocenters. The van der Waals surface area contributed by atoms with E-state index >= 15 is 0 Å². The maximum absolute atomic E-state index is 12.9. The molecule has 3 atom stereocenters. The number of nitrogens with zero attached hydrogens (tertiary/aromatic N) is 2. The lowest BCUT2D eigenvalue weighted by atomic mass is 9.72. The number of piperazine rings is 1. The molecule has 0 spiro atoms. The molecule has 29 heavy (non-hydrogen) atoms. The van der Waals surface area contributed by atoms with Crippen LogP contribution in [0.5, 0.6) is 0 Å². The van der Waals surface area contributed by atoms with Gasteiger partial charge in [0.15, 0.2) is 0 Å². The Hall–Kier alpha value is -2.41. The fourth-order valence-corrected chi connectivity index (χ4v) is 5.02. The fraction of sp³-hybridized carbons (Fsp3) is 0.591. The zero-order valence-electron chi connectivity index (χ0n) is 17.0. The van der Waals surface area contributed by atoms with Crippen molar-refractivity contribution in [1.29, 1.82) is 0 Å². The van der Waals surface area contributed by atoms with E-state index in [9.17, 15) is 14.4 Å². The van der Waals surface area contributed by atoms with Crippen molar-refractivity contribution in [2.75, 3.05) is 26.2 Å². The zero-order chi connectivity index (χ0) is 20.4. The first-order chi connectivity index (χ1) is 14.0. The molecular formula is C22H30N4O3. The first-order valence-electron chi connectivity index (χ1n) is 10.7. The van der Waals surface area contributed by atoms with Crippen molar-refractivity contribution in [3.8, 4) is 0 Å². The van der Waals surface area contributed by atoms with Gasteiger partial charge in [-0.1, -0.05) is 25.0 Å². The molecule has 156 valence electrons. The molecular weight excluding hydrogens is 368 g/mol. The number of carbonyl (C=O) groups is 3. The van der Waals surface area contributed by atoms with Gasteiger partial charge in [0.2, 0.25) is 11.8 Å². The van der Waals surface area contributed by atoms with Gasteiger partial charge >= 0.3 is 0 Å². The van der Waals surface area contributed by atoms with Crippen LogP contribution in [0.2, 0.25) is 0 Å². The summed E-state index contributed by atoms with van der Waals surface area (Å²) in [5, 5.41) is 0. The normalized spacial score (nSPS) is 27.2. The summed E-state index contributed by atoms with van der Waals surface area (Å²) in [4.78, 5) is 40.2. The maximum Gasteiger partial charge on any atom is 0.253 e. The lowest BCUT2D eigenvalue weighted by Crippen LogP contribution is -2.60. The number of hydrogen-bond donors (Lipinski definition) is 2. The number of carbonyl (C=O) groups excluding carboxylic acids is 3. The van der Waals surface area contributed by atoms with Crippen LogP contribution in [0.1, 0.15) is 48.5 Å². The standard InChI is InChI=1S/C22H30N4O3/c1-15(27)25-9-11-26(12-10-25)22(29)17-6-4-5-16(13-17)14-20-18-7-2-3-8-19(18)21(28)24-23-20/h4-6,13,18-20,23H,2-3,7-12,14H2,1H3,(H,24,28). The Morgan fingerprint density at radius 2 is 1.79 bits per heavy atom. The summed E-state index contributed by atoms with van der Waals surface area (Å²) in [5.41, 5.74) is 7.87. The van der Waals surface area contributed by atoms with E-state index in [-0.39, 0.29) is 29.7 Å². The first kappa shape index (κ1) is 19.9. The van der Waals surface area contributed by atoms with Gasteiger partial charge in [0.05, 0.1) is 0 Å². The molecule has 1 aliphatic carbocycles. The van der Waals surface area contributed by atoms with Gasteiger partial charge in [-0.05, 0) is 42.9 Å². The predicted octanol–water partition coefficient (Wildman–Crippen LogP) is 1.34.